The molecule has 0 aromatic heterocycles. The highest BCUT2D eigenvalue weighted by Crippen LogP contribution is 2.50. The van der Waals surface area contributed by atoms with Crippen LogP contribution in [0.25, 0.3) is 0 Å². The van der Waals surface area contributed by atoms with Crippen LogP contribution in [0, 0.1) is 10.1 Å². The maximum absolute atomic E-state index is 12.2. The molecule has 0 aliphatic rings. The first-order chi connectivity index (χ1) is 27.6. The normalized spacial score (nSPS) is 12.5. The van der Waals surface area contributed by atoms with Crippen molar-refractivity contribution in [1.29, 1.82) is 0 Å². The number of nitro groups is 1. The fourth-order valence-corrected chi connectivity index (χ4v) is 8.76. The molecule has 3 atom stereocenters. The van der Waals surface area contributed by atoms with Crippen LogP contribution in [-0.2, 0) is 0 Å². The molecule has 0 aliphatic carbocycles. The Morgan fingerprint density at radius 3 is 1.04 bits per heavy atom. The van der Waals surface area contributed by atoms with Crippen molar-refractivity contribution in [2.75, 3.05) is 72.9 Å². The minimum absolute atomic E-state index is 0.0909. The van der Waals surface area contributed by atoms with E-state index < -0.39 is 10.8 Å². The number of hydrogen-bond donors (Lipinski definition) is 0. The molecule has 0 heterocycles. The summed E-state index contributed by atoms with van der Waals surface area (Å²) in [6, 6.07) is 14.5. The average Bonchev–Trinajstić information content (AvgIpc) is 3.24. The van der Waals surface area contributed by atoms with Crippen LogP contribution in [0.15, 0.2) is 48.5 Å². The summed E-state index contributed by atoms with van der Waals surface area (Å²) in [6.45, 7) is 0. The molecule has 0 aliphatic heterocycles. The van der Waals surface area contributed by atoms with Gasteiger partial charge in [0.05, 0.1) is 67.4 Å². The third-order valence-corrected chi connectivity index (χ3v) is 11.4. The fourth-order valence-electron chi connectivity index (χ4n) is 7.38. The number of nitro benzene ring substituents is 1. The number of hydrogen-bond acceptors (Lipinski definition) is 11. The lowest BCUT2D eigenvalue weighted by molar-refractivity contribution is -0.385. The first-order valence-corrected chi connectivity index (χ1v) is 21.3. The maximum atomic E-state index is 12.2. The van der Waals surface area contributed by atoms with Gasteiger partial charge in [-0.2, -0.15) is 0 Å². The van der Waals surface area contributed by atoms with Gasteiger partial charge in [-0.25, -0.2) is 0 Å². The predicted octanol–water partition coefficient (Wildman–Crippen LogP) is 10.2. The Labute approximate surface area is 358 Å². The Balaban J connectivity index is 2.08. The van der Waals surface area contributed by atoms with Crippen LogP contribution in [0.2, 0.25) is 0 Å². The Morgan fingerprint density at radius 2 is 0.754 bits per heavy atom. The van der Waals surface area contributed by atoms with Gasteiger partial charge in [-0.1, -0.05) is 47.8 Å². The van der Waals surface area contributed by atoms with E-state index in [-0.39, 0.29) is 23.3 Å². The molecule has 4 aromatic rings. The van der Waals surface area contributed by atoms with Crippen LogP contribution in [0.1, 0.15) is 80.8 Å². The Hall–Kier alpha value is -4.21. The molecule has 0 amide bonds. The molecule has 0 saturated carbocycles. The van der Waals surface area contributed by atoms with Crippen molar-refractivity contribution in [2.24, 2.45) is 0 Å². The summed E-state index contributed by atoms with van der Waals surface area (Å²) in [5.41, 5.74) is 4.93. The fraction of sp³-hybridized carbons (Fsp3) is 0.405. The molecule has 0 spiro atoms. The molecule has 0 fully saturated rings. The van der Waals surface area contributed by atoms with Gasteiger partial charge < -0.3 is 37.9 Å². The SMILES string of the molecule is COc1cc(OC)c(C(CCBr)c2cc(C(CCBr)c3cc(C(CCBr)c4cc([N+](=O)[O-])c(OC)cc4OC)c(OC)cc3OC)c(OC)cc2OC)cc1C=O. The van der Waals surface area contributed by atoms with Crippen LogP contribution in [-0.4, -0.2) is 84.1 Å². The van der Waals surface area contributed by atoms with Crippen LogP contribution in [0.5, 0.6) is 46.0 Å². The zero-order valence-corrected chi connectivity index (χ0v) is 38.0. The van der Waals surface area contributed by atoms with Crippen molar-refractivity contribution in [3.05, 3.63) is 97.6 Å². The van der Waals surface area contributed by atoms with Gasteiger partial charge in [0, 0.05) is 97.5 Å². The van der Waals surface area contributed by atoms with Crippen molar-refractivity contribution in [3.63, 3.8) is 0 Å². The molecular weight excluding hydrogens is 934 g/mol. The maximum Gasteiger partial charge on any atom is 0.311 e. The number of carbonyl (C=O) groups is 1. The summed E-state index contributed by atoms with van der Waals surface area (Å²) in [5.74, 6) is 2.79. The molecule has 4 rings (SSSR count). The third-order valence-electron chi connectivity index (χ3n) is 10.0. The molecule has 15 heteroatoms. The molecule has 57 heavy (non-hydrogen) atoms. The number of benzene rings is 4. The van der Waals surface area contributed by atoms with Crippen LogP contribution in [0.3, 0.4) is 0 Å². The van der Waals surface area contributed by atoms with E-state index in [2.05, 4.69) is 59.9 Å². The summed E-state index contributed by atoms with van der Waals surface area (Å²) in [6.07, 6.45) is 2.56. The number of ether oxygens (including phenoxy) is 8. The molecule has 0 N–H and O–H groups in total. The Bertz CT molecular complexity index is 2030. The first-order valence-electron chi connectivity index (χ1n) is 17.9. The van der Waals surface area contributed by atoms with Crippen molar-refractivity contribution >= 4 is 59.8 Å². The van der Waals surface area contributed by atoms with Crippen molar-refractivity contribution in [2.45, 2.75) is 37.0 Å². The number of nitrogens with zero attached hydrogens (tertiary/aromatic N) is 1. The largest absolute Gasteiger partial charge is 0.496 e. The predicted molar refractivity (Wildman–Crippen MR) is 231 cm³/mol. The molecule has 4 aromatic carbocycles. The quantitative estimate of drug-likeness (QED) is 0.0322. The van der Waals surface area contributed by atoms with E-state index in [1.807, 2.05) is 12.1 Å². The Kier molecular flexibility index (Phi) is 17.2. The van der Waals surface area contributed by atoms with Gasteiger partial charge in [-0.3, -0.25) is 14.9 Å². The van der Waals surface area contributed by atoms with E-state index in [0.29, 0.717) is 86.6 Å². The van der Waals surface area contributed by atoms with E-state index in [1.54, 1.807) is 53.7 Å². The number of rotatable bonds is 22. The van der Waals surface area contributed by atoms with Crippen LogP contribution in [0.4, 0.5) is 5.69 Å². The minimum atomic E-state index is -0.465. The summed E-state index contributed by atoms with van der Waals surface area (Å²) >= 11 is 11.0. The first kappa shape index (κ1) is 45.5. The number of aldehydes is 1. The van der Waals surface area contributed by atoms with Gasteiger partial charge in [-0.05, 0) is 37.5 Å². The summed E-state index contributed by atoms with van der Waals surface area (Å²) in [4.78, 5) is 24.0. The number of alkyl halides is 3. The molecule has 12 nitrogen and oxygen atoms in total. The lowest BCUT2D eigenvalue weighted by Gasteiger charge is -2.29. The van der Waals surface area contributed by atoms with Gasteiger partial charge >= 0.3 is 5.69 Å². The van der Waals surface area contributed by atoms with Crippen LogP contribution < -0.4 is 37.9 Å². The minimum Gasteiger partial charge on any atom is -0.496 e. The number of methoxy groups -OCH3 is 8. The van der Waals surface area contributed by atoms with Gasteiger partial charge in [-0.15, -0.1) is 0 Å². The second-order valence-electron chi connectivity index (χ2n) is 12.7. The topological polar surface area (TPSA) is 134 Å². The van der Waals surface area contributed by atoms with Gasteiger partial charge in [0.1, 0.15) is 40.2 Å². The highest BCUT2D eigenvalue weighted by Gasteiger charge is 2.32. The third kappa shape index (κ3) is 9.74. The number of halogens is 3. The monoisotopic (exact) mass is 979 g/mol. The van der Waals surface area contributed by atoms with Crippen LogP contribution >= 0.6 is 47.8 Å². The molecule has 0 saturated heterocycles. The molecule has 308 valence electrons. The van der Waals surface area contributed by atoms with Gasteiger partial charge in [0.15, 0.2) is 6.29 Å². The lowest BCUT2D eigenvalue weighted by Crippen LogP contribution is -2.13. The highest BCUT2D eigenvalue weighted by atomic mass is 79.9. The van der Waals surface area contributed by atoms with E-state index in [9.17, 15) is 14.9 Å². The smallest absolute Gasteiger partial charge is 0.311 e. The van der Waals surface area contributed by atoms with Crippen molar-refractivity contribution in [1.82, 2.24) is 0 Å². The van der Waals surface area contributed by atoms with E-state index in [0.717, 1.165) is 34.1 Å². The summed E-state index contributed by atoms with van der Waals surface area (Å²) in [5, 5.41) is 14.0. The number of carbonyl (C=O) groups excluding carboxylic acids is 1. The van der Waals surface area contributed by atoms with E-state index in [1.165, 1.54) is 27.4 Å². The van der Waals surface area contributed by atoms with Crippen molar-refractivity contribution < 1.29 is 47.6 Å². The van der Waals surface area contributed by atoms with Gasteiger partial charge in [0.2, 0.25) is 5.75 Å². The molecule has 0 radical (unpaired) electrons. The molecule has 3 unspecified atom stereocenters. The summed E-state index contributed by atoms with van der Waals surface area (Å²) in [7, 11) is 12.4. The summed E-state index contributed by atoms with van der Waals surface area (Å²) < 4.78 is 46.7. The zero-order chi connectivity index (χ0) is 41.8. The van der Waals surface area contributed by atoms with E-state index >= 15 is 0 Å². The van der Waals surface area contributed by atoms with Gasteiger partial charge in [0.25, 0.3) is 0 Å². The highest BCUT2D eigenvalue weighted by molar-refractivity contribution is 9.09. The second kappa shape index (κ2) is 21.5. The van der Waals surface area contributed by atoms with Crippen molar-refractivity contribution in [3.8, 4) is 46.0 Å². The standard InChI is InChI=1S/C42H48Br3NO11/c1-50-35-19-36(51-2)28(15-24(35)23-47)25(9-12-43)29-16-30(38(53-4)20-37(29)52-3)26(10-13-44)31-17-32(40(55-6)21-39(31)54-5)27(11-14-45)33-18-34(46(48)49)42(57-8)22-41(33)56-7/h15-23,25-27H,9-14H2,1-8H3. The lowest BCUT2D eigenvalue weighted by atomic mass is 9.80. The Morgan fingerprint density at radius 1 is 0.474 bits per heavy atom. The second-order valence-corrected chi connectivity index (χ2v) is 15.1. The average molecular weight is 983 g/mol. The molecular formula is C42H48Br3NO11. The zero-order valence-electron chi connectivity index (χ0n) is 33.2. The molecule has 0 bridgehead atoms. The van der Waals surface area contributed by atoms with E-state index in [4.69, 9.17) is 37.9 Å².